The number of benzene rings is 3. The molecule has 0 aromatic heterocycles. The number of nitrogens with one attached hydrogen (secondary N) is 1. The molecule has 0 aliphatic carbocycles. The number of carbonyl (C=O) groups is 2. The number of carboxylic acid groups (broad SMARTS) is 2. The van der Waals surface area contributed by atoms with Crippen molar-refractivity contribution in [2.24, 2.45) is 0 Å². The molecule has 130 valence electrons. The summed E-state index contributed by atoms with van der Waals surface area (Å²) in [5.41, 5.74) is 2.91. The zero-order chi connectivity index (χ0) is 18.5. The van der Waals surface area contributed by atoms with Crippen LogP contribution in [0.1, 0.15) is 31.8 Å². The monoisotopic (exact) mass is 347 g/mol. The van der Waals surface area contributed by atoms with Gasteiger partial charge in [0.2, 0.25) is 0 Å². The van der Waals surface area contributed by atoms with Gasteiger partial charge in [-0.1, -0.05) is 36.4 Å². The van der Waals surface area contributed by atoms with Crippen molar-refractivity contribution in [1.82, 2.24) is 0 Å². The Kier molecular flexibility index (Phi) is 4.99. The van der Waals surface area contributed by atoms with Gasteiger partial charge in [-0.25, -0.2) is 9.59 Å². The summed E-state index contributed by atoms with van der Waals surface area (Å²) < 4.78 is 0. The highest BCUT2D eigenvalue weighted by molar-refractivity contribution is 5.96. The van der Waals surface area contributed by atoms with E-state index in [9.17, 15) is 19.8 Å². The van der Waals surface area contributed by atoms with E-state index in [2.05, 4.69) is 5.32 Å². The molecule has 26 heavy (non-hydrogen) atoms. The Hall–Kier alpha value is -3.60. The maximum absolute atomic E-state index is 11.5. The van der Waals surface area contributed by atoms with E-state index in [1.54, 1.807) is 0 Å². The molecule has 0 aliphatic heterocycles. The van der Waals surface area contributed by atoms with Gasteiger partial charge in [0.05, 0.1) is 11.1 Å². The second-order valence-corrected chi connectivity index (χ2v) is 5.81. The largest absolute Gasteiger partial charge is 0.478 e. The van der Waals surface area contributed by atoms with Gasteiger partial charge < -0.3 is 15.5 Å². The molecular weight excluding hydrogens is 330 g/mol. The first kappa shape index (κ1) is 17.2. The predicted octanol–water partition coefficient (Wildman–Crippen LogP) is 4.42. The van der Waals surface area contributed by atoms with E-state index < -0.39 is 11.9 Å². The van der Waals surface area contributed by atoms with Crippen LogP contribution in [0.25, 0.3) is 0 Å². The van der Waals surface area contributed by atoms with E-state index in [1.807, 2.05) is 54.6 Å². The minimum atomic E-state index is -1.14. The van der Waals surface area contributed by atoms with E-state index in [1.165, 1.54) is 18.2 Å². The van der Waals surface area contributed by atoms with Gasteiger partial charge in [0, 0.05) is 11.4 Å². The molecule has 0 bridgehead atoms. The van der Waals surface area contributed by atoms with Gasteiger partial charge in [-0.15, -0.1) is 0 Å². The van der Waals surface area contributed by atoms with Gasteiger partial charge in [0.25, 0.3) is 0 Å². The van der Waals surface area contributed by atoms with Gasteiger partial charge in [-0.05, 0) is 53.9 Å². The summed E-state index contributed by atoms with van der Waals surface area (Å²) >= 11 is 0. The Balaban J connectivity index is 1.93. The van der Waals surface area contributed by atoms with Crippen LogP contribution in [0.2, 0.25) is 0 Å². The SMILES string of the molecule is O=C(O)c1cccc(C(=O)O)c1Cc1cccc(Nc2ccccc2)c1. The molecule has 0 heterocycles. The normalized spacial score (nSPS) is 10.3. The third kappa shape index (κ3) is 3.89. The average molecular weight is 347 g/mol. The van der Waals surface area contributed by atoms with Gasteiger partial charge in [0.15, 0.2) is 0 Å². The number of aromatic carboxylic acids is 2. The van der Waals surface area contributed by atoms with Crippen molar-refractivity contribution in [2.75, 3.05) is 5.32 Å². The molecular formula is C21H17NO4. The number of rotatable bonds is 6. The van der Waals surface area contributed by atoms with Gasteiger partial charge in [-0.2, -0.15) is 0 Å². The molecule has 0 atom stereocenters. The average Bonchev–Trinajstić information content (AvgIpc) is 2.62. The summed E-state index contributed by atoms with van der Waals surface area (Å²) in [5.74, 6) is -2.27. The van der Waals surface area contributed by atoms with E-state index >= 15 is 0 Å². The Labute approximate surface area is 150 Å². The fourth-order valence-electron chi connectivity index (χ4n) is 2.83. The molecule has 3 rings (SSSR count). The van der Waals surface area contributed by atoms with Crippen LogP contribution in [0.5, 0.6) is 0 Å². The van der Waals surface area contributed by atoms with Crippen LogP contribution in [-0.4, -0.2) is 22.2 Å². The molecule has 5 heteroatoms. The third-order valence-corrected chi connectivity index (χ3v) is 4.01. The Morgan fingerprint density at radius 1 is 0.731 bits per heavy atom. The van der Waals surface area contributed by atoms with Crippen LogP contribution >= 0.6 is 0 Å². The molecule has 0 aliphatic rings. The standard InChI is InChI=1S/C21H17NO4/c23-20(24)17-10-5-11-18(21(25)26)19(17)13-14-6-4-9-16(12-14)22-15-7-2-1-3-8-15/h1-12,22H,13H2,(H,23,24)(H,25,26). The van der Waals surface area contributed by atoms with Gasteiger partial charge >= 0.3 is 11.9 Å². The van der Waals surface area contributed by atoms with Crippen LogP contribution < -0.4 is 5.32 Å². The number of hydrogen-bond donors (Lipinski definition) is 3. The lowest BCUT2D eigenvalue weighted by Crippen LogP contribution is -2.10. The van der Waals surface area contributed by atoms with E-state index in [0.29, 0.717) is 5.56 Å². The van der Waals surface area contributed by atoms with Crippen LogP contribution in [0.15, 0.2) is 72.8 Å². The van der Waals surface area contributed by atoms with Gasteiger partial charge in [0.1, 0.15) is 0 Å². The molecule has 0 radical (unpaired) electrons. The molecule has 3 N–H and O–H groups in total. The highest BCUT2D eigenvalue weighted by Crippen LogP contribution is 2.23. The third-order valence-electron chi connectivity index (χ3n) is 4.01. The molecule has 0 saturated heterocycles. The predicted molar refractivity (Wildman–Crippen MR) is 99.3 cm³/mol. The smallest absolute Gasteiger partial charge is 0.336 e. The molecule has 3 aromatic rings. The minimum Gasteiger partial charge on any atom is -0.478 e. The van der Waals surface area contributed by atoms with Crippen molar-refractivity contribution in [3.05, 3.63) is 95.1 Å². The number of anilines is 2. The van der Waals surface area contributed by atoms with Crippen molar-refractivity contribution in [2.45, 2.75) is 6.42 Å². The van der Waals surface area contributed by atoms with Crippen molar-refractivity contribution in [1.29, 1.82) is 0 Å². The lowest BCUT2D eigenvalue weighted by Gasteiger charge is -2.12. The molecule has 0 unspecified atom stereocenters. The van der Waals surface area contributed by atoms with Crippen molar-refractivity contribution in [3.63, 3.8) is 0 Å². The zero-order valence-corrected chi connectivity index (χ0v) is 13.8. The Morgan fingerprint density at radius 2 is 1.31 bits per heavy atom. The summed E-state index contributed by atoms with van der Waals surface area (Å²) in [6, 6.07) is 21.4. The summed E-state index contributed by atoms with van der Waals surface area (Å²) in [4.78, 5) is 23.0. The highest BCUT2D eigenvalue weighted by Gasteiger charge is 2.18. The summed E-state index contributed by atoms with van der Waals surface area (Å²) in [7, 11) is 0. The second-order valence-electron chi connectivity index (χ2n) is 5.81. The maximum atomic E-state index is 11.5. The first-order chi connectivity index (χ1) is 12.5. The quantitative estimate of drug-likeness (QED) is 0.614. The highest BCUT2D eigenvalue weighted by atomic mass is 16.4. The van der Waals surface area contributed by atoms with Crippen LogP contribution in [0.3, 0.4) is 0 Å². The fourth-order valence-corrected chi connectivity index (χ4v) is 2.83. The molecule has 0 saturated carbocycles. The van der Waals surface area contributed by atoms with Gasteiger partial charge in [-0.3, -0.25) is 0 Å². The number of hydrogen-bond acceptors (Lipinski definition) is 3. The van der Waals surface area contributed by atoms with E-state index in [-0.39, 0.29) is 17.5 Å². The summed E-state index contributed by atoms with van der Waals surface area (Å²) in [6.45, 7) is 0. The summed E-state index contributed by atoms with van der Waals surface area (Å²) in [5, 5.41) is 22.1. The Morgan fingerprint density at radius 3 is 1.92 bits per heavy atom. The maximum Gasteiger partial charge on any atom is 0.336 e. The molecule has 0 amide bonds. The first-order valence-electron chi connectivity index (χ1n) is 8.04. The fraction of sp³-hybridized carbons (Fsp3) is 0.0476. The number of carboxylic acids is 2. The molecule has 0 spiro atoms. The molecule has 3 aromatic carbocycles. The van der Waals surface area contributed by atoms with Crippen LogP contribution in [0, 0.1) is 0 Å². The number of para-hydroxylation sites is 1. The van der Waals surface area contributed by atoms with E-state index in [4.69, 9.17) is 0 Å². The Bertz CT molecular complexity index is 919. The van der Waals surface area contributed by atoms with Crippen LogP contribution in [-0.2, 0) is 6.42 Å². The zero-order valence-electron chi connectivity index (χ0n) is 13.8. The van der Waals surface area contributed by atoms with Crippen LogP contribution in [0.4, 0.5) is 11.4 Å². The minimum absolute atomic E-state index is 0.00585. The second kappa shape index (κ2) is 7.53. The molecule has 5 nitrogen and oxygen atoms in total. The lowest BCUT2D eigenvalue weighted by atomic mass is 9.94. The van der Waals surface area contributed by atoms with E-state index in [0.717, 1.165) is 16.9 Å². The van der Waals surface area contributed by atoms with Crippen molar-refractivity contribution < 1.29 is 19.8 Å². The van der Waals surface area contributed by atoms with Crippen molar-refractivity contribution in [3.8, 4) is 0 Å². The summed E-state index contributed by atoms with van der Waals surface area (Å²) in [6.07, 6.45) is 0.217. The first-order valence-corrected chi connectivity index (χ1v) is 8.04. The lowest BCUT2D eigenvalue weighted by molar-refractivity contribution is 0.0696. The van der Waals surface area contributed by atoms with Crippen molar-refractivity contribution >= 4 is 23.3 Å². The molecule has 0 fully saturated rings. The topological polar surface area (TPSA) is 86.6 Å².